The molecule has 88 valence electrons. The number of thioether (sulfide) groups is 1. The van der Waals surface area contributed by atoms with E-state index in [0.29, 0.717) is 12.1 Å². The molecule has 0 radical (unpaired) electrons. The van der Waals surface area contributed by atoms with E-state index in [9.17, 15) is 27.7 Å². The van der Waals surface area contributed by atoms with Crippen LogP contribution in [0.5, 0.6) is 0 Å². The lowest BCUT2D eigenvalue weighted by molar-refractivity contribution is -0.387. The molecule has 0 heterocycles. The molecule has 0 aromatic heterocycles. The molecule has 0 atom stereocenters. The Morgan fingerprint density at radius 3 is 2.38 bits per heavy atom. The van der Waals surface area contributed by atoms with Crippen molar-refractivity contribution in [1.82, 2.24) is 0 Å². The second-order valence-corrected chi connectivity index (χ2v) is 4.50. The van der Waals surface area contributed by atoms with Crippen molar-refractivity contribution >= 4 is 33.4 Å². The minimum Gasteiger partial charge on any atom is -0.258 e. The van der Waals surface area contributed by atoms with Crippen LogP contribution < -0.4 is 0 Å². The third kappa shape index (κ3) is 3.34. The van der Waals surface area contributed by atoms with Gasteiger partial charge in [-0.15, -0.1) is 0 Å². The van der Waals surface area contributed by atoms with Crippen molar-refractivity contribution in [1.29, 1.82) is 0 Å². The van der Waals surface area contributed by atoms with Crippen LogP contribution >= 0.6 is 27.7 Å². The van der Waals surface area contributed by atoms with Crippen molar-refractivity contribution in [2.24, 2.45) is 0 Å². The zero-order chi connectivity index (χ0) is 12.5. The normalized spacial score (nSPS) is 11.6. The lowest BCUT2D eigenvalue weighted by atomic mass is 10.3. The zero-order valence-corrected chi connectivity index (χ0v) is 9.62. The predicted molar refractivity (Wildman–Crippen MR) is 52.7 cm³/mol. The van der Waals surface area contributed by atoms with Gasteiger partial charge in [0.25, 0.3) is 0 Å². The van der Waals surface area contributed by atoms with E-state index in [1.54, 1.807) is 0 Å². The highest BCUT2D eigenvalue weighted by Crippen LogP contribution is 2.42. The first-order valence-corrected chi connectivity index (χ1v) is 5.21. The Bertz CT molecular complexity index is 437. The Morgan fingerprint density at radius 2 is 1.94 bits per heavy atom. The molecule has 0 fully saturated rings. The van der Waals surface area contributed by atoms with Gasteiger partial charge in [0.2, 0.25) is 5.82 Å². The quantitative estimate of drug-likeness (QED) is 0.356. The summed E-state index contributed by atoms with van der Waals surface area (Å²) in [5.41, 5.74) is -5.45. The molecule has 1 aromatic carbocycles. The van der Waals surface area contributed by atoms with Crippen LogP contribution in [-0.2, 0) is 0 Å². The fraction of sp³-hybridized carbons (Fsp3) is 0.143. The minimum absolute atomic E-state index is 0.178. The van der Waals surface area contributed by atoms with E-state index in [4.69, 9.17) is 0 Å². The summed E-state index contributed by atoms with van der Waals surface area (Å²) in [5, 5.41) is 10.3. The molecule has 3 nitrogen and oxygen atoms in total. The zero-order valence-electron chi connectivity index (χ0n) is 7.22. The number of hydrogen-bond acceptors (Lipinski definition) is 3. The van der Waals surface area contributed by atoms with E-state index in [1.807, 2.05) is 0 Å². The number of hydrogen-bond donors (Lipinski definition) is 0. The SMILES string of the molecule is O=[N+]([O-])c1cc(Br)c(SC(F)(F)F)cc1F. The van der Waals surface area contributed by atoms with Crippen molar-refractivity contribution < 1.29 is 22.5 Å². The maximum Gasteiger partial charge on any atom is 0.446 e. The summed E-state index contributed by atoms with van der Waals surface area (Å²) in [5.74, 6) is -1.31. The Balaban J connectivity index is 3.16. The molecule has 0 saturated heterocycles. The molecule has 9 heteroatoms. The number of rotatable bonds is 2. The minimum atomic E-state index is -4.58. The summed E-state index contributed by atoms with van der Waals surface area (Å²) in [6.45, 7) is 0. The van der Waals surface area contributed by atoms with Crippen LogP contribution in [0.1, 0.15) is 0 Å². The van der Waals surface area contributed by atoms with Gasteiger partial charge in [-0.05, 0) is 33.8 Å². The van der Waals surface area contributed by atoms with Gasteiger partial charge in [0.15, 0.2) is 0 Å². The maximum atomic E-state index is 13.0. The number of alkyl halides is 3. The number of halogens is 5. The highest BCUT2D eigenvalue weighted by Gasteiger charge is 2.31. The molecular formula is C7H2BrF4NO2S. The second kappa shape index (κ2) is 4.58. The molecule has 0 aliphatic carbocycles. The fourth-order valence-corrected chi connectivity index (χ4v) is 2.00. The molecule has 0 bridgehead atoms. The molecule has 1 aromatic rings. The number of nitrogens with zero attached hydrogens (tertiary/aromatic N) is 1. The summed E-state index contributed by atoms with van der Waals surface area (Å²) in [6, 6.07) is 1.17. The standard InChI is InChI=1S/C7H2BrF4NO2S/c8-3-1-5(13(14)15)4(9)2-6(3)16-7(10,11)12/h1-2H. The van der Waals surface area contributed by atoms with E-state index in [1.165, 1.54) is 0 Å². The van der Waals surface area contributed by atoms with Gasteiger partial charge >= 0.3 is 11.2 Å². The van der Waals surface area contributed by atoms with E-state index < -0.39 is 38.6 Å². The van der Waals surface area contributed by atoms with Crippen molar-refractivity contribution in [3.63, 3.8) is 0 Å². The molecule has 0 unspecified atom stereocenters. The van der Waals surface area contributed by atoms with Gasteiger partial charge in [-0.2, -0.15) is 17.6 Å². The van der Waals surface area contributed by atoms with Crippen LogP contribution in [0.4, 0.5) is 23.2 Å². The van der Waals surface area contributed by atoms with Gasteiger partial charge < -0.3 is 0 Å². The van der Waals surface area contributed by atoms with Crippen molar-refractivity contribution in [3.05, 3.63) is 32.5 Å². The molecule has 0 saturated carbocycles. The van der Waals surface area contributed by atoms with Gasteiger partial charge in [-0.25, -0.2) is 0 Å². The van der Waals surface area contributed by atoms with E-state index in [-0.39, 0.29) is 4.47 Å². The summed E-state index contributed by atoms with van der Waals surface area (Å²) in [6.07, 6.45) is 0. The van der Waals surface area contributed by atoms with Crippen LogP contribution in [0.3, 0.4) is 0 Å². The monoisotopic (exact) mass is 319 g/mol. The van der Waals surface area contributed by atoms with Crippen molar-refractivity contribution in [3.8, 4) is 0 Å². The van der Waals surface area contributed by atoms with Crippen LogP contribution in [0.25, 0.3) is 0 Å². The van der Waals surface area contributed by atoms with Crippen LogP contribution in [0.2, 0.25) is 0 Å². The maximum absolute atomic E-state index is 13.0. The number of nitro groups is 1. The van der Waals surface area contributed by atoms with Gasteiger partial charge in [0, 0.05) is 15.4 Å². The smallest absolute Gasteiger partial charge is 0.258 e. The van der Waals surface area contributed by atoms with Gasteiger partial charge in [-0.3, -0.25) is 10.1 Å². The summed E-state index contributed by atoms with van der Waals surface area (Å²) >= 11 is 2.16. The number of benzene rings is 1. The van der Waals surface area contributed by atoms with E-state index in [2.05, 4.69) is 15.9 Å². The highest BCUT2D eigenvalue weighted by atomic mass is 79.9. The van der Waals surface area contributed by atoms with Gasteiger partial charge in [-0.1, -0.05) is 0 Å². The van der Waals surface area contributed by atoms with Crippen LogP contribution in [0.15, 0.2) is 21.5 Å². The molecule has 0 aliphatic rings. The Morgan fingerprint density at radius 1 is 1.38 bits per heavy atom. The number of nitro benzene ring substituents is 1. The van der Waals surface area contributed by atoms with Crippen LogP contribution in [-0.4, -0.2) is 10.4 Å². The molecule has 0 aliphatic heterocycles. The molecule has 1 rings (SSSR count). The average Bonchev–Trinajstić information content (AvgIpc) is 2.07. The topological polar surface area (TPSA) is 43.1 Å². The first-order valence-electron chi connectivity index (χ1n) is 3.60. The first kappa shape index (κ1) is 13.2. The Kier molecular flexibility index (Phi) is 3.79. The van der Waals surface area contributed by atoms with Crippen LogP contribution in [0, 0.1) is 15.9 Å². The first-order chi connectivity index (χ1) is 7.20. The lowest BCUT2D eigenvalue weighted by Gasteiger charge is -2.07. The predicted octanol–water partition coefficient (Wildman–Crippen LogP) is 4.11. The Labute approximate surface area is 99.1 Å². The largest absolute Gasteiger partial charge is 0.446 e. The fourth-order valence-electron chi connectivity index (χ4n) is 0.861. The van der Waals surface area contributed by atoms with E-state index in [0.717, 1.165) is 0 Å². The molecule has 16 heavy (non-hydrogen) atoms. The Hall–Kier alpha value is -0.830. The third-order valence-corrected chi connectivity index (χ3v) is 3.13. The van der Waals surface area contributed by atoms with E-state index >= 15 is 0 Å². The summed E-state index contributed by atoms with van der Waals surface area (Å²) in [7, 11) is 0. The third-order valence-electron chi connectivity index (χ3n) is 1.42. The van der Waals surface area contributed by atoms with Gasteiger partial charge in [0.1, 0.15) is 0 Å². The van der Waals surface area contributed by atoms with Crippen molar-refractivity contribution in [2.45, 2.75) is 10.4 Å². The summed E-state index contributed by atoms with van der Waals surface area (Å²) < 4.78 is 48.8. The van der Waals surface area contributed by atoms with Crippen molar-refractivity contribution in [2.75, 3.05) is 0 Å². The highest BCUT2D eigenvalue weighted by molar-refractivity contribution is 9.10. The van der Waals surface area contributed by atoms with Gasteiger partial charge in [0.05, 0.1) is 4.92 Å². The average molecular weight is 320 g/mol. The lowest BCUT2D eigenvalue weighted by Crippen LogP contribution is -2.01. The summed E-state index contributed by atoms with van der Waals surface area (Å²) in [4.78, 5) is 8.81. The molecule has 0 amide bonds. The second-order valence-electron chi connectivity index (χ2n) is 2.54. The molecule has 0 N–H and O–H groups in total. The molecular weight excluding hydrogens is 318 g/mol. The molecule has 0 spiro atoms.